The molecule has 0 heterocycles. The van der Waals surface area contributed by atoms with Crippen molar-refractivity contribution in [1.82, 2.24) is 0 Å². The average Bonchev–Trinajstić information content (AvgIpc) is 2.70. The van der Waals surface area contributed by atoms with Crippen molar-refractivity contribution in [3.8, 4) is 0 Å². The van der Waals surface area contributed by atoms with Crippen molar-refractivity contribution in [2.45, 2.75) is 72.2 Å². The molecule has 6 heteroatoms. The molecule has 2 aromatic carbocycles. The van der Waals surface area contributed by atoms with E-state index in [2.05, 4.69) is 0 Å². The Morgan fingerprint density at radius 3 is 1.74 bits per heavy atom. The minimum atomic E-state index is -1.07. The molecule has 35 heavy (non-hydrogen) atoms. The molecule has 0 aliphatic rings. The van der Waals surface area contributed by atoms with Crippen molar-refractivity contribution in [3.05, 3.63) is 89.0 Å². The predicted molar refractivity (Wildman–Crippen MR) is 135 cm³/mol. The highest BCUT2D eigenvalue weighted by Gasteiger charge is 2.23. The van der Waals surface area contributed by atoms with Gasteiger partial charge in [0.2, 0.25) is 0 Å². The highest BCUT2D eigenvalue weighted by atomic mass is 19.1. The molecular formula is C29H36F2O4. The van der Waals surface area contributed by atoms with Gasteiger partial charge in [-0.05, 0) is 72.7 Å². The van der Waals surface area contributed by atoms with Crippen LogP contribution in [0.25, 0.3) is 5.57 Å². The van der Waals surface area contributed by atoms with E-state index in [1.807, 2.05) is 20.8 Å². The molecule has 190 valence electrons. The zero-order chi connectivity index (χ0) is 26.4. The van der Waals surface area contributed by atoms with Crippen molar-refractivity contribution in [1.29, 1.82) is 0 Å². The van der Waals surface area contributed by atoms with E-state index < -0.39 is 29.2 Å². The lowest BCUT2D eigenvalue weighted by Gasteiger charge is -2.26. The summed E-state index contributed by atoms with van der Waals surface area (Å²) in [6.07, 6.45) is 0.974. The van der Waals surface area contributed by atoms with Crippen molar-refractivity contribution in [2.24, 2.45) is 5.41 Å². The number of hydrogen-bond donors (Lipinski definition) is 2. The Bertz CT molecular complexity index is 993. The van der Waals surface area contributed by atoms with Gasteiger partial charge in [-0.15, -0.1) is 0 Å². The van der Waals surface area contributed by atoms with Gasteiger partial charge in [0.1, 0.15) is 17.2 Å². The Kier molecular flexibility index (Phi) is 9.52. The first-order valence-corrected chi connectivity index (χ1v) is 11.7. The molecule has 0 amide bonds. The smallest absolute Gasteiger partial charge is 0.308 e. The van der Waals surface area contributed by atoms with Crippen LogP contribution in [0.5, 0.6) is 0 Å². The minimum Gasteiger partial charge on any atom is -0.460 e. The Balaban J connectivity index is 2.39. The molecule has 0 aliphatic carbocycles. The van der Waals surface area contributed by atoms with E-state index in [0.717, 1.165) is 22.3 Å². The molecule has 0 aromatic heterocycles. The van der Waals surface area contributed by atoms with E-state index in [0.29, 0.717) is 0 Å². The fraction of sp³-hybridized carbons (Fsp3) is 0.414. The maximum absolute atomic E-state index is 13.6. The number of ether oxygens (including phenoxy) is 1. The molecule has 2 aromatic rings. The summed E-state index contributed by atoms with van der Waals surface area (Å²) in [4.78, 5) is 12.0. The number of halogens is 2. The Morgan fingerprint density at radius 2 is 1.34 bits per heavy atom. The van der Waals surface area contributed by atoms with Crippen LogP contribution in [0.15, 0.2) is 66.3 Å². The average molecular weight is 487 g/mol. The largest absolute Gasteiger partial charge is 0.460 e. The van der Waals surface area contributed by atoms with Gasteiger partial charge in [-0.25, -0.2) is 8.78 Å². The van der Waals surface area contributed by atoms with Crippen LogP contribution in [0.2, 0.25) is 0 Å². The molecule has 4 nitrogen and oxygen atoms in total. The van der Waals surface area contributed by atoms with Crippen LogP contribution in [0.3, 0.4) is 0 Å². The van der Waals surface area contributed by atoms with Gasteiger partial charge < -0.3 is 14.9 Å². The fourth-order valence-electron chi connectivity index (χ4n) is 3.64. The lowest BCUT2D eigenvalue weighted by atomic mass is 9.79. The Labute approximate surface area is 207 Å². The quantitative estimate of drug-likeness (QED) is 0.344. The predicted octanol–water partition coefficient (Wildman–Crippen LogP) is 6.21. The second kappa shape index (κ2) is 11.7. The second-order valence-electron chi connectivity index (χ2n) is 10.7. The molecule has 0 saturated carbocycles. The molecule has 2 unspecified atom stereocenters. The van der Waals surface area contributed by atoms with Crippen molar-refractivity contribution in [2.75, 3.05) is 0 Å². The molecule has 0 bridgehead atoms. The summed E-state index contributed by atoms with van der Waals surface area (Å²) in [6, 6.07) is 12.1. The van der Waals surface area contributed by atoms with Crippen LogP contribution in [0.4, 0.5) is 8.78 Å². The number of esters is 1. The van der Waals surface area contributed by atoms with Gasteiger partial charge >= 0.3 is 5.97 Å². The Morgan fingerprint density at radius 1 is 0.886 bits per heavy atom. The van der Waals surface area contributed by atoms with Crippen molar-refractivity contribution in [3.63, 3.8) is 0 Å². The van der Waals surface area contributed by atoms with Crippen LogP contribution in [0, 0.1) is 17.0 Å². The summed E-state index contributed by atoms with van der Waals surface area (Å²) in [5.41, 5.74) is 2.04. The first-order valence-electron chi connectivity index (χ1n) is 11.7. The summed E-state index contributed by atoms with van der Waals surface area (Å²) in [5.74, 6) is -1.27. The van der Waals surface area contributed by atoms with Crippen LogP contribution in [-0.4, -0.2) is 34.0 Å². The summed E-state index contributed by atoms with van der Waals surface area (Å²) in [5, 5.41) is 20.8. The lowest BCUT2D eigenvalue weighted by Crippen LogP contribution is -2.27. The van der Waals surface area contributed by atoms with Crippen LogP contribution < -0.4 is 0 Å². The summed E-state index contributed by atoms with van der Waals surface area (Å²) < 4.78 is 32.5. The SMILES string of the molecule is CC(C)(C)OC(=O)CC(O)CC(O)/C=C/C(=C(c1ccc(F)cc1)c1ccc(F)cc1)C(C)(C)C. The first kappa shape index (κ1) is 28.4. The van der Waals surface area contributed by atoms with Gasteiger partial charge in [0.15, 0.2) is 0 Å². The highest BCUT2D eigenvalue weighted by Crippen LogP contribution is 2.37. The fourth-order valence-corrected chi connectivity index (χ4v) is 3.64. The number of carbonyl (C=O) groups is 1. The van der Waals surface area contributed by atoms with Crippen LogP contribution in [-0.2, 0) is 9.53 Å². The zero-order valence-corrected chi connectivity index (χ0v) is 21.3. The van der Waals surface area contributed by atoms with E-state index in [4.69, 9.17) is 4.74 Å². The number of benzene rings is 2. The third kappa shape index (κ3) is 9.38. The third-order valence-corrected chi connectivity index (χ3v) is 5.16. The number of carbonyl (C=O) groups excluding carboxylic acids is 1. The Hall–Kier alpha value is -2.83. The third-order valence-electron chi connectivity index (χ3n) is 5.16. The number of aliphatic hydroxyl groups excluding tert-OH is 2. The summed E-state index contributed by atoms with van der Waals surface area (Å²) in [7, 11) is 0. The minimum absolute atomic E-state index is 0.0460. The van der Waals surface area contributed by atoms with E-state index in [-0.39, 0.29) is 24.5 Å². The van der Waals surface area contributed by atoms with Gasteiger partial charge in [0.05, 0.1) is 18.6 Å². The molecule has 0 fully saturated rings. The maximum Gasteiger partial charge on any atom is 0.308 e. The number of allylic oxidation sites excluding steroid dienone is 2. The number of aliphatic hydroxyl groups is 2. The van der Waals surface area contributed by atoms with E-state index >= 15 is 0 Å². The van der Waals surface area contributed by atoms with Gasteiger partial charge in [-0.2, -0.15) is 0 Å². The maximum atomic E-state index is 13.6. The summed E-state index contributed by atoms with van der Waals surface area (Å²) >= 11 is 0. The molecule has 0 spiro atoms. The summed E-state index contributed by atoms with van der Waals surface area (Å²) in [6.45, 7) is 11.2. The van der Waals surface area contributed by atoms with Crippen molar-refractivity contribution >= 4 is 11.5 Å². The monoisotopic (exact) mass is 486 g/mol. The first-order chi connectivity index (χ1) is 16.2. The standard InChI is InChI=1S/C29H36F2O4/c1-28(2,3)25(16-15-23(32)17-24(33)18-26(34)35-29(4,5)6)27(19-7-11-21(30)12-8-19)20-9-13-22(31)14-10-20/h7-16,23-24,32-33H,17-18H2,1-6H3/b16-15+. The molecule has 2 N–H and O–H groups in total. The lowest BCUT2D eigenvalue weighted by molar-refractivity contribution is -0.157. The number of rotatable bonds is 8. The van der Waals surface area contributed by atoms with Gasteiger partial charge in [0, 0.05) is 6.42 Å². The second-order valence-corrected chi connectivity index (χ2v) is 10.7. The zero-order valence-electron chi connectivity index (χ0n) is 21.3. The molecule has 2 rings (SSSR count). The molecule has 0 aliphatic heterocycles. The van der Waals surface area contributed by atoms with E-state index in [1.165, 1.54) is 24.3 Å². The van der Waals surface area contributed by atoms with Crippen LogP contribution in [0.1, 0.15) is 65.5 Å². The van der Waals surface area contributed by atoms with E-state index in [9.17, 15) is 23.8 Å². The number of hydrogen-bond acceptors (Lipinski definition) is 4. The molecular weight excluding hydrogens is 450 g/mol. The molecule has 0 saturated heterocycles. The van der Waals surface area contributed by atoms with Crippen molar-refractivity contribution < 1.29 is 28.5 Å². The van der Waals surface area contributed by atoms with Gasteiger partial charge in [0.25, 0.3) is 0 Å². The van der Waals surface area contributed by atoms with E-state index in [1.54, 1.807) is 57.2 Å². The molecule has 0 radical (unpaired) electrons. The molecule has 2 atom stereocenters. The normalized spacial score (nSPS) is 14.0. The van der Waals surface area contributed by atoms with Gasteiger partial charge in [-0.1, -0.05) is 57.2 Å². The topological polar surface area (TPSA) is 66.8 Å². The van der Waals surface area contributed by atoms with Gasteiger partial charge in [-0.3, -0.25) is 4.79 Å². The highest BCUT2D eigenvalue weighted by molar-refractivity contribution is 5.84. The van der Waals surface area contributed by atoms with Crippen LogP contribution >= 0.6 is 0 Å².